The summed E-state index contributed by atoms with van der Waals surface area (Å²) in [6, 6.07) is 10.7. The summed E-state index contributed by atoms with van der Waals surface area (Å²) in [5.41, 5.74) is 1.25. The zero-order chi connectivity index (χ0) is 17.5. The molecule has 2 rings (SSSR count). The van der Waals surface area contributed by atoms with Gasteiger partial charge in [-0.3, -0.25) is 4.79 Å². The van der Waals surface area contributed by atoms with Crippen LogP contribution in [-0.2, 0) is 16.1 Å². The standard InChI is InChI=1S/C17H17BrN2O4/c1-20(10-12-3-6-14(18)7-4-12)16(21)11-24-17(22)13-5-8-15(23-2)19-9-13/h3-9H,10-11H2,1-2H3. The predicted molar refractivity (Wildman–Crippen MR) is 91.7 cm³/mol. The Labute approximate surface area is 148 Å². The maximum Gasteiger partial charge on any atom is 0.340 e. The smallest absolute Gasteiger partial charge is 0.340 e. The van der Waals surface area contributed by atoms with Crippen LogP contribution in [-0.4, -0.2) is 42.5 Å². The number of nitrogens with zero attached hydrogens (tertiary/aromatic N) is 2. The summed E-state index contributed by atoms with van der Waals surface area (Å²) in [5, 5.41) is 0. The third-order valence-electron chi connectivity index (χ3n) is 3.27. The number of carbonyl (C=O) groups is 2. The molecule has 0 radical (unpaired) electrons. The van der Waals surface area contributed by atoms with E-state index in [4.69, 9.17) is 9.47 Å². The Balaban J connectivity index is 1.84. The van der Waals surface area contributed by atoms with Gasteiger partial charge < -0.3 is 14.4 Å². The summed E-state index contributed by atoms with van der Waals surface area (Å²) in [7, 11) is 3.15. The monoisotopic (exact) mass is 392 g/mol. The minimum absolute atomic E-state index is 0.263. The molecule has 0 atom stereocenters. The number of esters is 1. The normalized spacial score (nSPS) is 10.1. The molecule has 6 nitrogen and oxygen atoms in total. The minimum atomic E-state index is -0.601. The number of rotatable bonds is 6. The van der Waals surface area contributed by atoms with Crippen LogP contribution in [0, 0.1) is 0 Å². The highest BCUT2D eigenvalue weighted by molar-refractivity contribution is 9.10. The number of pyridine rings is 1. The van der Waals surface area contributed by atoms with E-state index in [1.807, 2.05) is 24.3 Å². The first-order valence-corrected chi connectivity index (χ1v) is 7.94. The summed E-state index contributed by atoms with van der Waals surface area (Å²) >= 11 is 3.36. The van der Waals surface area contributed by atoms with Gasteiger partial charge in [-0.2, -0.15) is 0 Å². The average Bonchev–Trinajstić information content (AvgIpc) is 2.61. The van der Waals surface area contributed by atoms with E-state index in [1.165, 1.54) is 24.3 Å². The largest absolute Gasteiger partial charge is 0.481 e. The van der Waals surface area contributed by atoms with E-state index in [-0.39, 0.29) is 18.1 Å². The molecule has 0 unspecified atom stereocenters. The predicted octanol–water partition coefficient (Wildman–Crippen LogP) is 2.67. The van der Waals surface area contributed by atoms with Crippen molar-refractivity contribution < 1.29 is 19.1 Å². The molecule has 0 spiro atoms. The van der Waals surface area contributed by atoms with Crippen LogP contribution in [0.5, 0.6) is 5.88 Å². The van der Waals surface area contributed by atoms with Crippen LogP contribution in [0.1, 0.15) is 15.9 Å². The highest BCUT2D eigenvalue weighted by Crippen LogP contribution is 2.12. The van der Waals surface area contributed by atoms with Crippen molar-refractivity contribution in [3.63, 3.8) is 0 Å². The fraction of sp³-hybridized carbons (Fsp3) is 0.235. The number of hydrogen-bond acceptors (Lipinski definition) is 5. The number of likely N-dealkylation sites (N-methyl/N-ethyl adjacent to an activating group) is 1. The summed E-state index contributed by atoms with van der Waals surface area (Å²) in [4.78, 5) is 29.4. The van der Waals surface area contributed by atoms with Gasteiger partial charge in [-0.1, -0.05) is 28.1 Å². The van der Waals surface area contributed by atoms with Gasteiger partial charge in [-0.25, -0.2) is 9.78 Å². The van der Waals surface area contributed by atoms with Crippen molar-refractivity contribution in [2.75, 3.05) is 20.8 Å². The molecule has 0 saturated heterocycles. The maximum absolute atomic E-state index is 12.1. The van der Waals surface area contributed by atoms with E-state index >= 15 is 0 Å². The quantitative estimate of drug-likeness (QED) is 0.706. The van der Waals surface area contributed by atoms with Crippen molar-refractivity contribution in [3.05, 3.63) is 58.2 Å². The molecular weight excluding hydrogens is 376 g/mol. The lowest BCUT2D eigenvalue weighted by molar-refractivity contribution is -0.133. The van der Waals surface area contributed by atoms with Crippen molar-refractivity contribution in [1.29, 1.82) is 0 Å². The molecule has 24 heavy (non-hydrogen) atoms. The molecule has 0 N–H and O–H groups in total. The van der Waals surface area contributed by atoms with Gasteiger partial charge >= 0.3 is 5.97 Å². The molecule has 0 aliphatic rings. The van der Waals surface area contributed by atoms with Crippen molar-refractivity contribution in [2.45, 2.75) is 6.54 Å². The Bertz CT molecular complexity index is 702. The van der Waals surface area contributed by atoms with Crippen molar-refractivity contribution in [2.24, 2.45) is 0 Å². The number of carbonyl (C=O) groups excluding carboxylic acids is 2. The molecule has 1 aromatic heterocycles. The second-order valence-electron chi connectivity index (χ2n) is 5.04. The van der Waals surface area contributed by atoms with E-state index in [0.717, 1.165) is 10.0 Å². The Hall–Kier alpha value is -2.41. The lowest BCUT2D eigenvalue weighted by Crippen LogP contribution is -2.30. The number of hydrogen-bond donors (Lipinski definition) is 0. The first-order valence-electron chi connectivity index (χ1n) is 7.15. The van der Waals surface area contributed by atoms with Crippen molar-refractivity contribution >= 4 is 27.8 Å². The third-order valence-corrected chi connectivity index (χ3v) is 3.80. The number of aromatic nitrogens is 1. The van der Waals surface area contributed by atoms with Crippen LogP contribution >= 0.6 is 15.9 Å². The number of ether oxygens (including phenoxy) is 2. The van der Waals surface area contributed by atoms with Crippen LogP contribution in [0.15, 0.2) is 47.1 Å². The Kier molecular flexibility index (Phi) is 6.31. The summed E-state index contributed by atoms with van der Waals surface area (Å²) < 4.78 is 10.9. The van der Waals surface area contributed by atoms with Gasteiger partial charge in [0.2, 0.25) is 5.88 Å². The summed E-state index contributed by atoms with van der Waals surface area (Å²) in [6.07, 6.45) is 1.34. The van der Waals surface area contributed by atoms with E-state index in [9.17, 15) is 9.59 Å². The topological polar surface area (TPSA) is 68.7 Å². The van der Waals surface area contributed by atoms with Crippen LogP contribution in [0.4, 0.5) is 0 Å². The second-order valence-corrected chi connectivity index (χ2v) is 5.96. The lowest BCUT2D eigenvalue weighted by Gasteiger charge is -2.17. The average molecular weight is 393 g/mol. The molecule has 0 saturated carbocycles. The van der Waals surface area contributed by atoms with E-state index < -0.39 is 5.97 Å². The molecule has 0 fully saturated rings. The van der Waals surface area contributed by atoms with E-state index in [1.54, 1.807) is 13.1 Å². The Morgan fingerprint density at radius 2 is 1.88 bits per heavy atom. The van der Waals surface area contributed by atoms with Crippen LogP contribution < -0.4 is 4.74 Å². The molecule has 0 aliphatic heterocycles. The first-order chi connectivity index (χ1) is 11.5. The van der Waals surface area contributed by atoms with Crippen molar-refractivity contribution in [1.82, 2.24) is 9.88 Å². The number of methoxy groups -OCH3 is 1. The molecule has 126 valence electrons. The molecule has 7 heteroatoms. The van der Waals surface area contributed by atoms with Gasteiger partial charge in [-0.05, 0) is 23.8 Å². The molecule has 1 heterocycles. The molecule has 0 bridgehead atoms. The lowest BCUT2D eigenvalue weighted by atomic mass is 10.2. The molecule has 1 amide bonds. The zero-order valence-electron chi connectivity index (χ0n) is 13.4. The van der Waals surface area contributed by atoms with Gasteiger partial charge in [0.15, 0.2) is 6.61 Å². The zero-order valence-corrected chi connectivity index (χ0v) is 14.9. The third kappa shape index (κ3) is 5.06. The van der Waals surface area contributed by atoms with E-state index in [2.05, 4.69) is 20.9 Å². The summed E-state index contributed by atoms with van der Waals surface area (Å²) in [5.74, 6) is -0.486. The minimum Gasteiger partial charge on any atom is -0.481 e. The molecule has 0 aliphatic carbocycles. The van der Waals surface area contributed by atoms with Crippen molar-refractivity contribution in [3.8, 4) is 5.88 Å². The summed E-state index contributed by atoms with van der Waals surface area (Å²) in [6.45, 7) is 0.117. The molecule has 1 aromatic carbocycles. The fourth-order valence-electron chi connectivity index (χ4n) is 1.89. The SMILES string of the molecule is COc1ccc(C(=O)OCC(=O)N(C)Cc2ccc(Br)cc2)cn1. The van der Waals surface area contributed by atoms with Gasteiger partial charge in [0.1, 0.15) is 0 Å². The molecular formula is C17H17BrN2O4. The number of amides is 1. The van der Waals surface area contributed by atoms with Gasteiger partial charge in [0.25, 0.3) is 5.91 Å². The van der Waals surface area contributed by atoms with Gasteiger partial charge in [0, 0.05) is 30.3 Å². The Morgan fingerprint density at radius 3 is 2.46 bits per heavy atom. The fourth-order valence-corrected chi connectivity index (χ4v) is 2.16. The van der Waals surface area contributed by atoms with Gasteiger partial charge in [0.05, 0.1) is 12.7 Å². The molecule has 2 aromatic rings. The van der Waals surface area contributed by atoms with Crippen LogP contribution in [0.2, 0.25) is 0 Å². The highest BCUT2D eigenvalue weighted by Gasteiger charge is 2.14. The second kappa shape index (κ2) is 8.44. The number of halogens is 1. The maximum atomic E-state index is 12.1. The highest BCUT2D eigenvalue weighted by atomic mass is 79.9. The first kappa shape index (κ1) is 17.9. The van der Waals surface area contributed by atoms with E-state index in [0.29, 0.717) is 12.4 Å². The van der Waals surface area contributed by atoms with Gasteiger partial charge in [-0.15, -0.1) is 0 Å². The Morgan fingerprint density at radius 1 is 1.17 bits per heavy atom. The number of benzene rings is 1. The van der Waals surface area contributed by atoms with Crippen LogP contribution in [0.3, 0.4) is 0 Å². The van der Waals surface area contributed by atoms with Crippen LogP contribution in [0.25, 0.3) is 0 Å².